The van der Waals surface area contributed by atoms with Gasteiger partial charge in [-0.3, -0.25) is 0 Å². The highest BCUT2D eigenvalue weighted by atomic mass is 16.5. The Balaban J connectivity index is 2.24. The predicted octanol–water partition coefficient (Wildman–Crippen LogP) is 1.30. The van der Waals surface area contributed by atoms with Gasteiger partial charge in [-0.15, -0.1) is 0 Å². The molecule has 3 unspecified atom stereocenters. The first-order valence-electron chi connectivity index (χ1n) is 5.02. The molecule has 0 aromatic carbocycles. The first kappa shape index (κ1) is 10.5. The van der Waals surface area contributed by atoms with Crippen LogP contribution >= 0.6 is 0 Å². The Labute approximate surface area is 80.1 Å². The minimum absolute atomic E-state index is 0.0434. The van der Waals surface area contributed by atoms with Crippen LogP contribution in [0.5, 0.6) is 0 Å². The van der Waals surface area contributed by atoms with Crippen LogP contribution in [0.1, 0.15) is 26.7 Å². The molecule has 13 heavy (non-hydrogen) atoms. The van der Waals surface area contributed by atoms with Crippen LogP contribution < -0.4 is 5.32 Å². The van der Waals surface area contributed by atoms with E-state index in [2.05, 4.69) is 18.3 Å². The van der Waals surface area contributed by atoms with E-state index < -0.39 is 0 Å². The van der Waals surface area contributed by atoms with Crippen molar-refractivity contribution >= 4 is 0 Å². The lowest BCUT2D eigenvalue weighted by atomic mass is 9.99. The number of nitriles is 1. The molecule has 3 nitrogen and oxygen atoms in total. The molecule has 0 radical (unpaired) electrons. The number of nitrogens with one attached hydrogen (secondary N) is 1. The van der Waals surface area contributed by atoms with Gasteiger partial charge in [0.15, 0.2) is 0 Å². The van der Waals surface area contributed by atoms with Crippen LogP contribution in [0, 0.1) is 17.2 Å². The van der Waals surface area contributed by atoms with E-state index in [1.807, 2.05) is 6.92 Å². The third kappa shape index (κ3) is 2.98. The van der Waals surface area contributed by atoms with Crippen molar-refractivity contribution < 1.29 is 4.74 Å². The molecule has 3 heteroatoms. The molecule has 0 aliphatic carbocycles. The third-order valence-electron chi connectivity index (χ3n) is 2.63. The minimum Gasteiger partial charge on any atom is -0.378 e. The Hall–Kier alpha value is -0.590. The lowest BCUT2D eigenvalue weighted by Crippen LogP contribution is -2.33. The smallest absolute Gasteiger partial charge is 0.0924 e. The zero-order chi connectivity index (χ0) is 9.68. The van der Waals surface area contributed by atoms with E-state index >= 15 is 0 Å². The normalized spacial score (nSPS) is 29.9. The molecule has 74 valence electrons. The van der Waals surface area contributed by atoms with Crippen molar-refractivity contribution in [3.05, 3.63) is 0 Å². The molecule has 1 N–H and O–H groups in total. The summed E-state index contributed by atoms with van der Waals surface area (Å²) < 4.78 is 5.56. The van der Waals surface area contributed by atoms with E-state index in [1.165, 1.54) is 0 Å². The number of hydrogen-bond acceptors (Lipinski definition) is 3. The zero-order valence-corrected chi connectivity index (χ0v) is 8.42. The largest absolute Gasteiger partial charge is 0.378 e. The van der Waals surface area contributed by atoms with Crippen LogP contribution in [0.4, 0.5) is 0 Å². The fraction of sp³-hybridized carbons (Fsp3) is 0.900. The Bertz CT molecular complexity index is 188. The molecule has 1 aliphatic heterocycles. The van der Waals surface area contributed by atoms with Crippen LogP contribution in [0.25, 0.3) is 0 Å². The van der Waals surface area contributed by atoms with Crippen LogP contribution in [0.15, 0.2) is 0 Å². The van der Waals surface area contributed by atoms with E-state index in [0.717, 1.165) is 26.0 Å². The van der Waals surface area contributed by atoms with Crippen molar-refractivity contribution in [1.29, 1.82) is 5.26 Å². The van der Waals surface area contributed by atoms with E-state index in [9.17, 15) is 0 Å². The van der Waals surface area contributed by atoms with Gasteiger partial charge in [0, 0.05) is 13.2 Å². The second-order valence-electron chi connectivity index (χ2n) is 3.63. The molecule has 1 aliphatic rings. The Kier molecular flexibility index (Phi) is 4.20. The van der Waals surface area contributed by atoms with Gasteiger partial charge in [-0.05, 0) is 25.7 Å². The average Bonchev–Trinajstić information content (AvgIpc) is 2.61. The molecule has 1 rings (SSSR count). The highest BCUT2D eigenvalue weighted by Crippen LogP contribution is 2.22. The Morgan fingerprint density at radius 2 is 2.46 bits per heavy atom. The zero-order valence-electron chi connectivity index (χ0n) is 8.42. The van der Waals surface area contributed by atoms with Crippen molar-refractivity contribution in [1.82, 2.24) is 5.32 Å². The van der Waals surface area contributed by atoms with Gasteiger partial charge in [0.25, 0.3) is 0 Å². The molecule has 0 amide bonds. The van der Waals surface area contributed by atoms with Gasteiger partial charge in [-0.1, -0.05) is 6.92 Å². The van der Waals surface area contributed by atoms with Crippen LogP contribution in [0.2, 0.25) is 0 Å². The number of rotatable bonds is 4. The van der Waals surface area contributed by atoms with Gasteiger partial charge in [-0.2, -0.15) is 5.26 Å². The fourth-order valence-electron chi connectivity index (χ4n) is 1.75. The van der Waals surface area contributed by atoms with Gasteiger partial charge in [0.1, 0.15) is 0 Å². The predicted molar refractivity (Wildman–Crippen MR) is 51.2 cm³/mol. The second kappa shape index (κ2) is 5.21. The average molecular weight is 182 g/mol. The van der Waals surface area contributed by atoms with Crippen molar-refractivity contribution in [3.8, 4) is 6.07 Å². The summed E-state index contributed by atoms with van der Waals surface area (Å²) in [6.07, 6.45) is 2.61. The summed E-state index contributed by atoms with van der Waals surface area (Å²) in [5, 5.41) is 11.8. The SMILES string of the molecule is CCC1OCCC1CNC(C)C#N. The molecule has 1 fully saturated rings. The monoisotopic (exact) mass is 182 g/mol. The standard InChI is InChI=1S/C10H18N2O/c1-3-10-9(4-5-13-10)7-12-8(2)6-11/h8-10,12H,3-5,7H2,1-2H3. The molecule has 3 atom stereocenters. The molecule has 1 heterocycles. The van der Waals surface area contributed by atoms with E-state index in [-0.39, 0.29) is 6.04 Å². The summed E-state index contributed by atoms with van der Waals surface area (Å²) in [5.74, 6) is 0.598. The Morgan fingerprint density at radius 1 is 1.69 bits per heavy atom. The van der Waals surface area contributed by atoms with E-state index in [4.69, 9.17) is 10.00 Å². The fourth-order valence-corrected chi connectivity index (χ4v) is 1.75. The van der Waals surface area contributed by atoms with Gasteiger partial charge in [0.05, 0.1) is 18.2 Å². The summed E-state index contributed by atoms with van der Waals surface area (Å²) >= 11 is 0. The Morgan fingerprint density at radius 3 is 3.08 bits per heavy atom. The molecule has 0 aromatic heterocycles. The quantitative estimate of drug-likeness (QED) is 0.713. The maximum absolute atomic E-state index is 8.59. The number of hydrogen-bond donors (Lipinski definition) is 1. The van der Waals surface area contributed by atoms with Gasteiger partial charge in [0.2, 0.25) is 0 Å². The van der Waals surface area contributed by atoms with Crippen molar-refractivity contribution in [3.63, 3.8) is 0 Å². The lowest BCUT2D eigenvalue weighted by molar-refractivity contribution is 0.0871. The summed E-state index contributed by atoms with van der Waals surface area (Å²) in [6.45, 7) is 5.83. The van der Waals surface area contributed by atoms with Crippen molar-refractivity contribution in [2.45, 2.75) is 38.8 Å². The summed E-state index contributed by atoms with van der Waals surface area (Å²) in [7, 11) is 0. The maximum atomic E-state index is 8.59. The molecule has 0 bridgehead atoms. The first-order chi connectivity index (χ1) is 6.27. The maximum Gasteiger partial charge on any atom is 0.0924 e. The van der Waals surface area contributed by atoms with Crippen molar-refractivity contribution in [2.75, 3.05) is 13.2 Å². The van der Waals surface area contributed by atoms with E-state index in [0.29, 0.717) is 12.0 Å². The number of ether oxygens (including phenoxy) is 1. The lowest BCUT2D eigenvalue weighted by Gasteiger charge is -2.17. The van der Waals surface area contributed by atoms with Crippen molar-refractivity contribution in [2.24, 2.45) is 5.92 Å². The minimum atomic E-state index is -0.0434. The first-order valence-corrected chi connectivity index (χ1v) is 5.02. The third-order valence-corrected chi connectivity index (χ3v) is 2.63. The summed E-state index contributed by atoms with van der Waals surface area (Å²) in [6, 6.07) is 2.13. The summed E-state index contributed by atoms with van der Waals surface area (Å²) in [5.41, 5.74) is 0. The van der Waals surface area contributed by atoms with Crippen LogP contribution in [-0.4, -0.2) is 25.3 Å². The number of nitrogens with zero attached hydrogens (tertiary/aromatic N) is 1. The highest BCUT2D eigenvalue weighted by molar-refractivity contribution is 4.87. The molecule has 0 saturated carbocycles. The topological polar surface area (TPSA) is 45.0 Å². The van der Waals surface area contributed by atoms with E-state index in [1.54, 1.807) is 0 Å². The molecule has 0 aromatic rings. The molecule has 0 spiro atoms. The van der Waals surface area contributed by atoms with Gasteiger partial charge >= 0.3 is 0 Å². The molecule has 1 saturated heterocycles. The second-order valence-corrected chi connectivity index (χ2v) is 3.63. The van der Waals surface area contributed by atoms with Gasteiger partial charge < -0.3 is 10.1 Å². The summed E-state index contributed by atoms with van der Waals surface area (Å²) in [4.78, 5) is 0. The molecular formula is C10H18N2O. The van der Waals surface area contributed by atoms with Crippen LogP contribution in [-0.2, 0) is 4.74 Å². The molecular weight excluding hydrogens is 164 g/mol. The van der Waals surface area contributed by atoms with Crippen LogP contribution in [0.3, 0.4) is 0 Å². The highest BCUT2D eigenvalue weighted by Gasteiger charge is 2.26. The van der Waals surface area contributed by atoms with Gasteiger partial charge in [-0.25, -0.2) is 0 Å².